The molecule has 0 saturated heterocycles. The summed E-state index contributed by atoms with van der Waals surface area (Å²) in [6.45, 7) is 5.00. The highest BCUT2D eigenvalue weighted by atomic mass is 14.9. The molecule has 0 amide bonds. The second kappa shape index (κ2) is 6.44. The van der Waals surface area contributed by atoms with Gasteiger partial charge in [0.05, 0.1) is 0 Å². The maximum atomic E-state index is 2.50. The molecule has 4 aromatic rings. The fraction of sp³-hybridized carbons (Fsp3) is 0.226. The van der Waals surface area contributed by atoms with Crippen molar-refractivity contribution in [3.63, 3.8) is 0 Å². The van der Waals surface area contributed by atoms with Gasteiger partial charge in [0.1, 0.15) is 0 Å². The molecule has 2 aliphatic rings. The zero-order valence-corrected chi connectivity index (χ0v) is 18.2. The Kier molecular flexibility index (Phi) is 3.87. The molecular weight excluding hydrogens is 372 g/mol. The summed E-state index contributed by atoms with van der Waals surface area (Å²) in [6, 6.07) is 45.0. The normalized spacial score (nSPS) is 23.9. The van der Waals surface area contributed by atoms with Crippen molar-refractivity contribution in [3.05, 3.63) is 144 Å². The summed E-state index contributed by atoms with van der Waals surface area (Å²) in [6.07, 6.45) is 0. The average Bonchev–Trinajstić information content (AvgIpc) is 3.51. The van der Waals surface area contributed by atoms with Gasteiger partial charge in [-0.3, -0.25) is 0 Å². The minimum atomic E-state index is -0.0220. The predicted octanol–water partition coefficient (Wildman–Crippen LogP) is 7.24. The third kappa shape index (κ3) is 2.15. The van der Waals surface area contributed by atoms with Crippen LogP contribution >= 0.6 is 0 Å². The number of benzene rings is 4. The van der Waals surface area contributed by atoms with Gasteiger partial charge in [-0.15, -0.1) is 0 Å². The number of rotatable bonds is 4. The van der Waals surface area contributed by atoms with E-state index >= 15 is 0 Å². The van der Waals surface area contributed by atoms with Crippen LogP contribution in [-0.2, 0) is 10.8 Å². The van der Waals surface area contributed by atoms with Crippen LogP contribution in [0, 0.1) is 17.3 Å². The van der Waals surface area contributed by atoms with Crippen LogP contribution in [0.3, 0.4) is 0 Å². The predicted molar refractivity (Wildman–Crippen MR) is 128 cm³/mol. The maximum Gasteiger partial charge on any atom is 0.0300 e. The first-order valence-electron chi connectivity index (χ1n) is 11.4. The molecule has 0 heterocycles. The van der Waals surface area contributed by atoms with Crippen LogP contribution in [0.2, 0.25) is 0 Å². The minimum absolute atomic E-state index is 0.0220. The number of hydrogen-bond donors (Lipinski definition) is 0. The monoisotopic (exact) mass is 400 g/mol. The molecule has 4 aromatic carbocycles. The lowest BCUT2D eigenvalue weighted by Gasteiger charge is -2.56. The van der Waals surface area contributed by atoms with E-state index in [9.17, 15) is 0 Å². The van der Waals surface area contributed by atoms with Gasteiger partial charge in [0.2, 0.25) is 0 Å². The molecule has 0 N–H and O–H groups in total. The van der Waals surface area contributed by atoms with Gasteiger partial charge in [-0.05, 0) is 39.5 Å². The molecule has 0 nitrogen and oxygen atoms in total. The molecule has 152 valence electrons. The zero-order chi connectivity index (χ0) is 21.1. The van der Waals surface area contributed by atoms with E-state index in [1.807, 2.05) is 0 Å². The summed E-state index contributed by atoms with van der Waals surface area (Å²) in [5, 5.41) is 0. The SMILES string of the molecule is CC1(C)C2C(C2(c2ccccc2)c2ccccc2)C1(c1ccccc1)c1ccccc1. The third-order valence-corrected chi connectivity index (χ3v) is 8.43. The Bertz CT molecular complexity index is 1110. The van der Waals surface area contributed by atoms with E-state index in [0.717, 1.165) is 0 Å². The molecule has 2 atom stereocenters. The smallest absolute Gasteiger partial charge is 0.0300 e. The highest BCUT2D eigenvalue weighted by Gasteiger charge is 2.89. The molecule has 6 rings (SSSR count). The first-order valence-corrected chi connectivity index (χ1v) is 11.4. The van der Waals surface area contributed by atoms with Crippen LogP contribution in [0.15, 0.2) is 121 Å². The van der Waals surface area contributed by atoms with Gasteiger partial charge in [-0.2, -0.15) is 0 Å². The molecule has 0 spiro atoms. The Hall–Kier alpha value is -3.12. The fourth-order valence-electron chi connectivity index (χ4n) is 7.50. The highest BCUT2D eigenvalue weighted by Crippen LogP contribution is 2.89. The molecule has 0 radical (unpaired) electrons. The molecule has 2 saturated carbocycles. The summed E-state index contributed by atoms with van der Waals surface area (Å²) >= 11 is 0. The van der Waals surface area contributed by atoms with Crippen molar-refractivity contribution < 1.29 is 0 Å². The molecule has 0 aliphatic heterocycles. The van der Waals surface area contributed by atoms with Crippen LogP contribution in [0.5, 0.6) is 0 Å². The van der Waals surface area contributed by atoms with Gasteiger partial charge in [0.15, 0.2) is 0 Å². The van der Waals surface area contributed by atoms with Gasteiger partial charge in [0, 0.05) is 10.8 Å². The lowest BCUT2D eigenvalue weighted by molar-refractivity contribution is 0.0425. The van der Waals surface area contributed by atoms with E-state index in [2.05, 4.69) is 135 Å². The number of fused-ring (bicyclic) bond motifs is 1. The molecule has 0 bridgehead atoms. The fourth-order valence-corrected chi connectivity index (χ4v) is 7.50. The molecule has 31 heavy (non-hydrogen) atoms. The van der Waals surface area contributed by atoms with Crippen molar-refractivity contribution in [2.45, 2.75) is 24.7 Å². The molecular formula is C31H28. The quantitative estimate of drug-likeness (QED) is 0.338. The van der Waals surface area contributed by atoms with Crippen molar-refractivity contribution in [2.24, 2.45) is 17.3 Å². The second-order valence-electron chi connectivity index (χ2n) is 9.82. The van der Waals surface area contributed by atoms with Gasteiger partial charge in [0.25, 0.3) is 0 Å². The summed E-state index contributed by atoms with van der Waals surface area (Å²) in [5.41, 5.74) is 5.94. The van der Waals surface area contributed by atoms with Crippen molar-refractivity contribution in [2.75, 3.05) is 0 Å². The van der Waals surface area contributed by atoms with E-state index in [1.165, 1.54) is 22.3 Å². The van der Waals surface area contributed by atoms with Crippen molar-refractivity contribution in [1.82, 2.24) is 0 Å². The molecule has 0 heteroatoms. The molecule has 2 aliphatic carbocycles. The van der Waals surface area contributed by atoms with Crippen LogP contribution in [-0.4, -0.2) is 0 Å². The lowest BCUT2D eigenvalue weighted by atomic mass is 9.46. The van der Waals surface area contributed by atoms with E-state index in [0.29, 0.717) is 11.8 Å². The Labute approximate surface area is 185 Å². The Morgan fingerprint density at radius 1 is 0.419 bits per heavy atom. The van der Waals surface area contributed by atoms with Crippen molar-refractivity contribution >= 4 is 0 Å². The van der Waals surface area contributed by atoms with Crippen LogP contribution < -0.4 is 0 Å². The van der Waals surface area contributed by atoms with Crippen molar-refractivity contribution in [1.29, 1.82) is 0 Å². The zero-order valence-electron chi connectivity index (χ0n) is 18.2. The Balaban J connectivity index is 1.66. The molecule has 0 aromatic heterocycles. The first kappa shape index (κ1) is 18.6. The van der Waals surface area contributed by atoms with E-state index in [1.54, 1.807) is 0 Å². The van der Waals surface area contributed by atoms with Gasteiger partial charge < -0.3 is 0 Å². The molecule has 2 unspecified atom stereocenters. The third-order valence-electron chi connectivity index (χ3n) is 8.43. The standard InChI is InChI=1S/C31H28/c1-29(2)27-28(30(27,23-15-7-3-8-16-23)24-17-9-4-10-18-24)31(29,25-19-11-5-12-20-25)26-21-13-6-14-22-26/h3-22,27-28H,1-2H3. The summed E-state index contributed by atoms with van der Waals surface area (Å²) in [5.74, 6) is 1.13. The Morgan fingerprint density at radius 3 is 1.10 bits per heavy atom. The van der Waals surface area contributed by atoms with Gasteiger partial charge in [-0.25, -0.2) is 0 Å². The van der Waals surface area contributed by atoms with Crippen LogP contribution in [0.25, 0.3) is 0 Å². The van der Waals surface area contributed by atoms with Gasteiger partial charge in [-0.1, -0.05) is 135 Å². The van der Waals surface area contributed by atoms with E-state index < -0.39 is 0 Å². The average molecular weight is 401 g/mol. The largest absolute Gasteiger partial charge is 0.0622 e. The van der Waals surface area contributed by atoms with E-state index in [4.69, 9.17) is 0 Å². The van der Waals surface area contributed by atoms with Crippen LogP contribution in [0.1, 0.15) is 36.1 Å². The topological polar surface area (TPSA) is 0 Å². The van der Waals surface area contributed by atoms with E-state index in [-0.39, 0.29) is 16.2 Å². The van der Waals surface area contributed by atoms with Crippen LogP contribution in [0.4, 0.5) is 0 Å². The first-order chi connectivity index (χ1) is 15.2. The summed E-state index contributed by atoms with van der Waals surface area (Å²) < 4.78 is 0. The van der Waals surface area contributed by atoms with Crippen molar-refractivity contribution in [3.8, 4) is 0 Å². The maximum absolute atomic E-state index is 2.50. The Morgan fingerprint density at radius 2 is 0.742 bits per heavy atom. The highest BCUT2D eigenvalue weighted by molar-refractivity contribution is 5.65. The summed E-state index contributed by atoms with van der Waals surface area (Å²) in [4.78, 5) is 0. The summed E-state index contributed by atoms with van der Waals surface area (Å²) in [7, 11) is 0. The minimum Gasteiger partial charge on any atom is -0.0622 e. The molecule has 2 fully saturated rings. The number of hydrogen-bond acceptors (Lipinski definition) is 0. The lowest BCUT2D eigenvalue weighted by Crippen LogP contribution is -2.54. The van der Waals surface area contributed by atoms with Gasteiger partial charge >= 0.3 is 0 Å². The second-order valence-corrected chi connectivity index (χ2v) is 9.82.